The van der Waals surface area contributed by atoms with Crippen LogP contribution in [-0.4, -0.2) is 42.2 Å². The molecule has 0 aliphatic heterocycles. The van der Waals surface area contributed by atoms with Gasteiger partial charge in [-0.2, -0.15) is 8.42 Å². The molecule has 2 aromatic rings. The summed E-state index contributed by atoms with van der Waals surface area (Å²) in [5.41, 5.74) is 1.37. The Morgan fingerprint density at radius 1 is 1.11 bits per heavy atom. The van der Waals surface area contributed by atoms with Gasteiger partial charge in [0.25, 0.3) is 10.1 Å². The van der Waals surface area contributed by atoms with Crippen LogP contribution >= 0.6 is 0 Å². The Balaban J connectivity index is 0.000000307. The lowest BCUT2D eigenvalue weighted by Gasteiger charge is -2.19. The van der Waals surface area contributed by atoms with Gasteiger partial charge in [-0.3, -0.25) is 14.1 Å². The summed E-state index contributed by atoms with van der Waals surface area (Å²) in [7, 11) is -4.02. The van der Waals surface area contributed by atoms with E-state index in [2.05, 4.69) is 5.32 Å². The third-order valence-corrected chi connectivity index (χ3v) is 4.44. The van der Waals surface area contributed by atoms with E-state index in [4.69, 9.17) is 4.55 Å². The quantitative estimate of drug-likeness (QED) is 0.396. The van der Waals surface area contributed by atoms with Crippen molar-refractivity contribution >= 4 is 22.2 Å². The Labute approximate surface area is 165 Å². The molecule has 0 bridgehead atoms. The predicted molar refractivity (Wildman–Crippen MR) is 107 cm³/mol. The van der Waals surface area contributed by atoms with Crippen molar-refractivity contribution in [3.8, 4) is 5.75 Å². The minimum absolute atomic E-state index is 0.0666. The summed E-state index contributed by atoms with van der Waals surface area (Å²) >= 11 is 0. The van der Waals surface area contributed by atoms with E-state index < -0.39 is 10.1 Å². The van der Waals surface area contributed by atoms with Crippen molar-refractivity contribution < 1.29 is 27.7 Å². The van der Waals surface area contributed by atoms with Gasteiger partial charge >= 0.3 is 0 Å². The van der Waals surface area contributed by atoms with Crippen LogP contribution in [0.3, 0.4) is 0 Å². The molecule has 2 aromatic carbocycles. The van der Waals surface area contributed by atoms with Crippen LogP contribution in [0.2, 0.25) is 0 Å². The summed E-state index contributed by atoms with van der Waals surface area (Å²) in [5.74, 6) is -0.219. The topological polar surface area (TPSA) is 121 Å². The van der Waals surface area contributed by atoms with Crippen LogP contribution in [0.15, 0.2) is 47.4 Å². The summed E-state index contributed by atoms with van der Waals surface area (Å²) in [6.07, 6.45) is 0.531. The molecule has 0 unspecified atom stereocenters. The zero-order valence-corrected chi connectivity index (χ0v) is 17.1. The number of hydrogen-bond donors (Lipinski definition) is 3. The van der Waals surface area contributed by atoms with Crippen LogP contribution in [0.1, 0.15) is 47.1 Å². The molecule has 28 heavy (non-hydrogen) atoms. The van der Waals surface area contributed by atoms with Crippen molar-refractivity contribution in [1.82, 2.24) is 5.32 Å². The number of ketones is 1. The lowest BCUT2D eigenvalue weighted by atomic mass is 10.0. The molecule has 0 aliphatic carbocycles. The molecule has 0 aromatic heterocycles. The number of hydrogen-bond acceptors (Lipinski definition) is 6. The van der Waals surface area contributed by atoms with E-state index >= 15 is 0 Å². The van der Waals surface area contributed by atoms with E-state index in [1.54, 1.807) is 12.1 Å². The van der Waals surface area contributed by atoms with Gasteiger partial charge in [0.2, 0.25) is 0 Å². The van der Waals surface area contributed by atoms with Crippen LogP contribution in [-0.2, 0) is 10.1 Å². The number of phenols is 1. The number of carbonyl (C=O) groups is 2. The van der Waals surface area contributed by atoms with Crippen LogP contribution in [0.5, 0.6) is 5.75 Å². The summed E-state index contributed by atoms with van der Waals surface area (Å²) in [5, 5.41) is 12.4. The van der Waals surface area contributed by atoms with Gasteiger partial charge in [-0.1, -0.05) is 17.7 Å². The first-order valence-electron chi connectivity index (χ1n) is 8.44. The van der Waals surface area contributed by atoms with Crippen molar-refractivity contribution in [2.45, 2.75) is 38.1 Å². The predicted octanol–water partition coefficient (Wildman–Crippen LogP) is 3.02. The number of Topliss-reactive ketones (excluding diaryl/α,β-unsaturated/α-hetero) is 1. The molecule has 0 fully saturated rings. The smallest absolute Gasteiger partial charge is 0.294 e. The maximum atomic E-state index is 11.8. The lowest BCUT2D eigenvalue weighted by molar-refractivity contribution is 0.0982. The Hall–Kier alpha value is -2.55. The largest absolute Gasteiger partial charge is 0.507 e. The standard InChI is InChI=1S/C13H17NO3.C7H8O3S/c1-13(2,3)14-7-12(17)9-4-5-11(16)10(6-9)8-15;1-6-2-4-7(5-3-6)11(8,9)10/h4-6,8,14,16H,7H2,1-3H3;2-5H,1H3,(H,8,9,10). The highest BCUT2D eigenvalue weighted by Gasteiger charge is 2.13. The number of aromatic hydroxyl groups is 1. The average molecular weight is 407 g/mol. The van der Waals surface area contributed by atoms with E-state index in [0.29, 0.717) is 11.8 Å². The van der Waals surface area contributed by atoms with Crippen LogP contribution in [0, 0.1) is 6.92 Å². The van der Waals surface area contributed by atoms with Crippen LogP contribution < -0.4 is 5.32 Å². The minimum atomic E-state index is -4.02. The molecule has 0 saturated heterocycles. The van der Waals surface area contributed by atoms with Crippen LogP contribution in [0.4, 0.5) is 0 Å². The fourth-order valence-corrected chi connectivity index (χ4v) is 2.46. The molecule has 0 amide bonds. The van der Waals surface area contributed by atoms with Crippen molar-refractivity contribution in [2.75, 3.05) is 6.54 Å². The van der Waals surface area contributed by atoms with Gasteiger partial charge in [0, 0.05) is 11.1 Å². The van der Waals surface area contributed by atoms with Gasteiger partial charge < -0.3 is 10.4 Å². The monoisotopic (exact) mass is 407 g/mol. The molecule has 0 atom stereocenters. The van der Waals surface area contributed by atoms with Gasteiger partial charge in [0.1, 0.15) is 5.75 Å². The fourth-order valence-electron chi connectivity index (χ4n) is 1.98. The SMILES string of the molecule is CC(C)(C)NCC(=O)c1ccc(O)c(C=O)c1.Cc1ccc(S(=O)(=O)O)cc1. The lowest BCUT2D eigenvalue weighted by Crippen LogP contribution is -2.39. The number of phenolic OH excluding ortho intramolecular Hbond substituents is 1. The molecular formula is C20H25NO6S. The summed E-state index contributed by atoms with van der Waals surface area (Å²) < 4.78 is 29.6. The third kappa shape index (κ3) is 7.99. The molecule has 0 heterocycles. The second-order valence-electron chi connectivity index (χ2n) is 7.21. The molecule has 0 radical (unpaired) electrons. The summed E-state index contributed by atoms with van der Waals surface area (Å²) in [4.78, 5) is 22.4. The molecule has 8 heteroatoms. The maximum Gasteiger partial charge on any atom is 0.294 e. The van der Waals surface area contributed by atoms with Gasteiger partial charge in [0.05, 0.1) is 17.0 Å². The zero-order valence-electron chi connectivity index (χ0n) is 16.3. The van der Waals surface area contributed by atoms with Gasteiger partial charge in [-0.15, -0.1) is 0 Å². The van der Waals surface area contributed by atoms with E-state index in [-0.39, 0.29) is 34.1 Å². The third-order valence-electron chi connectivity index (χ3n) is 3.57. The Morgan fingerprint density at radius 2 is 1.68 bits per heavy atom. The van der Waals surface area contributed by atoms with E-state index in [0.717, 1.165) is 5.56 Å². The van der Waals surface area contributed by atoms with Crippen molar-refractivity contribution in [3.05, 3.63) is 59.2 Å². The second-order valence-corrected chi connectivity index (χ2v) is 8.63. The number of aldehydes is 1. The Kier molecular flexibility index (Phi) is 8.04. The number of carbonyl (C=O) groups excluding carboxylic acids is 2. The number of rotatable bonds is 5. The molecule has 0 spiro atoms. The molecular weight excluding hydrogens is 382 g/mol. The molecule has 2 rings (SSSR count). The van der Waals surface area contributed by atoms with Gasteiger partial charge in [0.15, 0.2) is 12.1 Å². The number of aryl methyl sites for hydroxylation is 1. The number of nitrogens with one attached hydrogen (secondary N) is 1. The normalized spacial score (nSPS) is 11.3. The second kappa shape index (κ2) is 9.59. The Bertz CT molecular complexity index is 928. The first kappa shape index (κ1) is 23.5. The van der Waals surface area contributed by atoms with E-state index in [1.165, 1.54) is 30.3 Å². The van der Waals surface area contributed by atoms with Gasteiger partial charge in [-0.05, 0) is 58.0 Å². The van der Waals surface area contributed by atoms with E-state index in [9.17, 15) is 23.1 Å². The molecule has 152 valence electrons. The molecule has 0 aliphatic rings. The van der Waals surface area contributed by atoms with Crippen molar-refractivity contribution in [3.63, 3.8) is 0 Å². The van der Waals surface area contributed by atoms with Gasteiger partial charge in [-0.25, -0.2) is 0 Å². The summed E-state index contributed by atoms with van der Waals surface area (Å²) in [6.45, 7) is 7.94. The zero-order chi connectivity index (χ0) is 21.5. The minimum Gasteiger partial charge on any atom is -0.507 e. The first-order valence-corrected chi connectivity index (χ1v) is 9.88. The highest BCUT2D eigenvalue weighted by atomic mass is 32.2. The van der Waals surface area contributed by atoms with Crippen molar-refractivity contribution in [1.29, 1.82) is 0 Å². The molecule has 0 saturated carbocycles. The Morgan fingerprint density at radius 3 is 2.14 bits per heavy atom. The first-order chi connectivity index (χ1) is 12.8. The fraction of sp³-hybridized carbons (Fsp3) is 0.300. The summed E-state index contributed by atoms with van der Waals surface area (Å²) in [6, 6.07) is 10.2. The van der Waals surface area contributed by atoms with Crippen molar-refractivity contribution in [2.24, 2.45) is 0 Å². The molecule has 3 N–H and O–H groups in total. The molecule has 7 nitrogen and oxygen atoms in total. The van der Waals surface area contributed by atoms with E-state index in [1.807, 2.05) is 27.7 Å². The highest BCUT2D eigenvalue weighted by Crippen LogP contribution is 2.16. The maximum absolute atomic E-state index is 11.8. The highest BCUT2D eigenvalue weighted by molar-refractivity contribution is 7.85. The number of benzene rings is 2. The average Bonchev–Trinajstić information content (AvgIpc) is 2.59. The van der Waals surface area contributed by atoms with Crippen LogP contribution in [0.25, 0.3) is 0 Å².